The lowest BCUT2D eigenvalue weighted by molar-refractivity contribution is 0.0268. The second-order valence-electron chi connectivity index (χ2n) is 12.0. The number of rotatable bonds is 6. The molecule has 1 aliphatic heterocycles. The van der Waals surface area contributed by atoms with E-state index in [-0.39, 0.29) is 18.0 Å². The highest BCUT2D eigenvalue weighted by Gasteiger charge is 2.30. The molecule has 3 N–H and O–H groups in total. The summed E-state index contributed by atoms with van der Waals surface area (Å²) in [7, 11) is 0. The third-order valence-corrected chi connectivity index (χ3v) is 7.16. The topological polar surface area (TPSA) is 147 Å². The number of alkyl carbamates (subject to hydrolysis) is 1. The Morgan fingerprint density at radius 1 is 1.10 bits per heavy atom. The van der Waals surface area contributed by atoms with Gasteiger partial charge in [0.2, 0.25) is 5.95 Å². The molecule has 2 amide bonds. The fraction of sp³-hybridized carbons (Fsp3) is 0.448. The Morgan fingerprint density at radius 2 is 1.83 bits per heavy atom. The molecule has 1 saturated heterocycles. The fourth-order valence-corrected chi connectivity index (χ4v) is 4.69. The van der Waals surface area contributed by atoms with Gasteiger partial charge in [-0.2, -0.15) is 0 Å². The lowest BCUT2D eigenvalue weighted by Gasteiger charge is -2.26. The Kier molecular flexibility index (Phi) is 7.28. The number of nitrogens with zero attached hydrogens (tertiary/aromatic N) is 6. The number of fused-ring (bicyclic) bond motifs is 3. The van der Waals surface area contributed by atoms with Crippen molar-refractivity contribution in [2.24, 2.45) is 0 Å². The van der Waals surface area contributed by atoms with Gasteiger partial charge in [-0.05, 0) is 84.4 Å². The summed E-state index contributed by atoms with van der Waals surface area (Å²) in [5.74, 6) is 0.277. The van der Waals surface area contributed by atoms with Crippen molar-refractivity contribution in [2.45, 2.75) is 71.2 Å². The lowest BCUT2D eigenvalue weighted by Crippen LogP contribution is -2.41. The molecule has 12 nitrogen and oxygen atoms in total. The van der Waals surface area contributed by atoms with E-state index in [4.69, 9.17) is 9.72 Å². The number of nitrogens with one attached hydrogen (secondary N) is 2. The molecule has 0 unspecified atom stereocenters. The summed E-state index contributed by atoms with van der Waals surface area (Å²) in [6.07, 6.45) is 1.92. The van der Waals surface area contributed by atoms with Crippen LogP contribution in [0.5, 0.6) is 0 Å². The number of aliphatic hydroxyl groups is 1. The Balaban J connectivity index is 1.29. The van der Waals surface area contributed by atoms with E-state index in [9.17, 15) is 14.7 Å². The number of carbonyl (C=O) groups is 2. The number of likely N-dealkylation sites (tertiary alicyclic amines) is 1. The Bertz CT molecular complexity index is 1590. The van der Waals surface area contributed by atoms with Gasteiger partial charge in [-0.15, -0.1) is 5.10 Å². The molecule has 4 aromatic rings. The third-order valence-electron chi connectivity index (χ3n) is 7.16. The molecule has 41 heavy (non-hydrogen) atoms. The van der Waals surface area contributed by atoms with Gasteiger partial charge in [0, 0.05) is 35.9 Å². The molecule has 0 spiro atoms. The number of benzene rings is 2. The smallest absolute Gasteiger partial charge is 0.407 e. The maximum absolute atomic E-state index is 13.1. The first-order valence-electron chi connectivity index (χ1n) is 13.7. The van der Waals surface area contributed by atoms with Gasteiger partial charge in [0.25, 0.3) is 5.91 Å². The van der Waals surface area contributed by atoms with E-state index in [0.29, 0.717) is 47.6 Å². The molecule has 0 bridgehead atoms. The van der Waals surface area contributed by atoms with Gasteiger partial charge in [-0.1, -0.05) is 5.21 Å². The zero-order valence-electron chi connectivity index (χ0n) is 24.2. The van der Waals surface area contributed by atoms with E-state index in [1.807, 2.05) is 39.8 Å². The van der Waals surface area contributed by atoms with E-state index < -0.39 is 17.3 Å². The van der Waals surface area contributed by atoms with Crippen LogP contribution in [0.25, 0.3) is 21.9 Å². The van der Waals surface area contributed by atoms with Crippen LogP contribution in [0.2, 0.25) is 0 Å². The van der Waals surface area contributed by atoms with Gasteiger partial charge in [-0.3, -0.25) is 4.79 Å². The molecule has 0 radical (unpaired) electrons. The largest absolute Gasteiger partial charge is 0.444 e. The van der Waals surface area contributed by atoms with Crippen LogP contribution < -0.4 is 10.6 Å². The maximum atomic E-state index is 13.1. The van der Waals surface area contributed by atoms with Crippen molar-refractivity contribution in [3.63, 3.8) is 0 Å². The van der Waals surface area contributed by atoms with Crippen LogP contribution in [-0.4, -0.2) is 77.3 Å². The second kappa shape index (κ2) is 10.6. The van der Waals surface area contributed by atoms with Crippen LogP contribution in [0.3, 0.4) is 0 Å². The van der Waals surface area contributed by atoms with Crippen LogP contribution in [0.15, 0.2) is 42.6 Å². The number of anilines is 2. The molecule has 2 aromatic carbocycles. The van der Waals surface area contributed by atoms with Crippen molar-refractivity contribution in [3.05, 3.63) is 48.2 Å². The molecular formula is C29H36N8O4. The molecule has 5 rings (SSSR count). The number of carbonyl (C=O) groups excluding carboxylic acids is 2. The summed E-state index contributed by atoms with van der Waals surface area (Å²) < 4.78 is 7.02. The summed E-state index contributed by atoms with van der Waals surface area (Å²) in [6, 6.07) is 10.4. The molecule has 0 aliphatic carbocycles. The SMILES string of the molecule is C[C@@H](n1nnc2ccc3cnc(Nc4ccc(C(=O)N5CC[C@H](NC(=O)OC(C)(C)C)C5)cc4)nc3c21)C(C)(C)O. The van der Waals surface area contributed by atoms with Crippen molar-refractivity contribution in [3.8, 4) is 0 Å². The van der Waals surface area contributed by atoms with Gasteiger partial charge >= 0.3 is 6.09 Å². The fourth-order valence-electron chi connectivity index (χ4n) is 4.69. The van der Waals surface area contributed by atoms with Crippen molar-refractivity contribution in [2.75, 3.05) is 18.4 Å². The highest BCUT2D eigenvalue weighted by atomic mass is 16.6. The summed E-state index contributed by atoms with van der Waals surface area (Å²) in [6.45, 7) is 11.8. The van der Waals surface area contributed by atoms with E-state index in [1.54, 1.807) is 53.9 Å². The van der Waals surface area contributed by atoms with Crippen LogP contribution in [0.1, 0.15) is 64.4 Å². The van der Waals surface area contributed by atoms with Crippen LogP contribution in [0, 0.1) is 0 Å². The highest BCUT2D eigenvalue weighted by molar-refractivity contribution is 6.01. The molecule has 0 saturated carbocycles. The number of amides is 2. The minimum Gasteiger partial charge on any atom is -0.444 e. The van der Waals surface area contributed by atoms with Crippen molar-refractivity contribution in [1.82, 2.24) is 35.2 Å². The maximum Gasteiger partial charge on any atom is 0.407 e. The molecule has 3 heterocycles. The van der Waals surface area contributed by atoms with Gasteiger partial charge < -0.3 is 25.4 Å². The molecule has 2 aromatic heterocycles. The van der Waals surface area contributed by atoms with Gasteiger partial charge in [0.1, 0.15) is 22.2 Å². The van der Waals surface area contributed by atoms with Crippen molar-refractivity contribution >= 4 is 45.6 Å². The van der Waals surface area contributed by atoms with E-state index >= 15 is 0 Å². The minimum absolute atomic E-state index is 0.101. The number of aromatic nitrogens is 5. The van der Waals surface area contributed by atoms with Crippen LogP contribution in [-0.2, 0) is 4.74 Å². The summed E-state index contributed by atoms with van der Waals surface area (Å²) in [4.78, 5) is 36.1. The average molecular weight is 561 g/mol. The number of ether oxygens (including phenoxy) is 1. The zero-order chi connectivity index (χ0) is 29.5. The first-order chi connectivity index (χ1) is 19.3. The monoisotopic (exact) mass is 560 g/mol. The van der Waals surface area contributed by atoms with Crippen LogP contribution >= 0.6 is 0 Å². The zero-order valence-corrected chi connectivity index (χ0v) is 24.2. The number of hydrogen-bond acceptors (Lipinski definition) is 9. The second-order valence-corrected chi connectivity index (χ2v) is 12.0. The summed E-state index contributed by atoms with van der Waals surface area (Å²) in [5, 5.41) is 26.0. The predicted molar refractivity (Wildman–Crippen MR) is 155 cm³/mol. The van der Waals surface area contributed by atoms with Crippen LogP contribution in [0.4, 0.5) is 16.4 Å². The highest BCUT2D eigenvalue weighted by Crippen LogP contribution is 2.29. The van der Waals surface area contributed by atoms with E-state index in [0.717, 1.165) is 11.1 Å². The molecule has 2 atom stereocenters. The Hall–Kier alpha value is -4.32. The van der Waals surface area contributed by atoms with E-state index in [2.05, 4.69) is 25.9 Å². The summed E-state index contributed by atoms with van der Waals surface area (Å²) in [5.41, 5.74) is 1.73. The number of hydrogen-bond donors (Lipinski definition) is 3. The normalized spacial score (nSPS) is 16.7. The van der Waals surface area contributed by atoms with Gasteiger partial charge in [-0.25, -0.2) is 19.4 Å². The quantitative estimate of drug-likeness (QED) is 0.316. The standard InChI is InChI=1S/C29H36N8O4/c1-17(29(5,6)40)37-24-22(34-35-37)12-9-19-15-30-26(33-23(19)24)31-20-10-7-18(8-11-20)25(38)36-14-13-21(16-36)32-27(39)41-28(2,3)4/h7-12,15,17,21,40H,13-14,16H2,1-6H3,(H,32,39)(H,30,31,33)/t17-,21+/m1/s1. The third kappa shape index (κ3) is 6.22. The van der Waals surface area contributed by atoms with Gasteiger partial charge in [0.05, 0.1) is 17.7 Å². The van der Waals surface area contributed by atoms with Crippen molar-refractivity contribution in [1.29, 1.82) is 0 Å². The molecule has 12 heteroatoms. The van der Waals surface area contributed by atoms with E-state index in [1.165, 1.54) is 0 Å². The Morgan fingerprint density at radius 3 is 2.51 bits per heavy atom. The molecule has 1 aliphatic rings. The Labute approximate surface area is 238 Å². The first-order valence-corrected chi connectivity index (χ1v) is 13.7. The molecule has 1 fully saturated rings. The summed E-state index contributed by atoms with van der Waals surface area (Å²) >= 11 is 0. The lowest BCUT2D eigenvalue weighted by atomic mass is 10.0. The molecular weight excluding hydrogens is 524 g/mol. The predicted octanol–water partition coefficient (Wildman–Crippen LogP) is 4.19. The van der Waals surface area contributed by atoms with Gasteiger partial charge in [0.15, 0.2) is 0 Å². The van der Waals surface area contributed by atoms with Crippen molar-refractivity contribution < 1.29 is 19.4 Å². The average Bonchev–Trinajstić information content (AvgIpc) is 3.54. The minimum atomic E-state index is -1.01. The molecule has 216 valence electrons. The first kappa shape index (κ1) is 28.2.